The Morgan fingerprint density at radius 3 is 2.61 bits per heavy atom. The second-order valence-electron chi connectivity index (χ2n) is 6.45. The fraction of sp³-hybridized carbons (Fsp3) is 0.857. The lowest BCUT2D eigenvalue weighted by molar-refractivity contribution is -0.150. The highest BCUT2D eigenvalue weighted by molar-refractivity contribution is 6.31. The van der Waals surface area contributed by atoms with Crippen LogP contribution in [-0.2, 0) is 9.59 Å². The summed E-state index contributed by atoms with van der Waals surface area (Å²) in [5.41, 5.74) is 0. The van der Waals surface area contributed by atoms with Gasteiger partial charge >= 0.3 is 11.9 Å². The van der Waals surface area contributed by atoms with Crippen LogP contribution in [0, 0.1) is 29.6 Å². The third kappa shape index (κ3) is 2.13. The lowest BCUT2D eigenvalue weighted by atomic mass is 9.54. The van der Waals surface area contributed by atoms with Crippen LogP contribution in [0.4, 0.5) is 0 Å². The molecular weight excluding hydrogens is 230 g/mol. The van der Waals surface area contributed by atoms with Gasteiger partial charge in [0, 0.05) is 6.54 Å². The highest BCUT2D eigenvalue weighted by Crippen LogP contribution is 2.54. The van der Waals surface area contributed by atoms with Gasteiger partial charge in [0.15, 0.2) is 0 Å². The van der Waals surface area contributed by atoms with Gasteiger partial charge in [-0.3, -0.25) is 4.79 Å². The molecule has 0 aromatic rings. The number of carbonyl (C=O) groups excluding carboxylic acids is 1. The Kier molecular flexibility index (Phi) is 3.04. The number of aliphatic carboxylic acids is 1. The molecule has 100 valence electrons. The number of fused-ring (bicyclic) bond motifs is 2. The minimum atomic E-state index is -1.37. The zero-order valence-electron chi connectivity index (χ0n) is 10.6. The van der Waals surface area contributed by atoms with E-state index in [-0.39, 0.29) is 0 Å². The van der Waals surface area contributed by atoms with Crippen LogP contribution < -0.4 is 5.32 Å². The molecule has 3 fully saturated rings. The Morgan fingerprint density at radius 2 is 1.83 bits per heavy atom. The normalized spacial score (nSPS) is 41.4. The molecule has 3 rings (SSSR count). The maximum Gasteiger partial charge on any atom is 0.394 e. The average Bonchev–Trinajstić information content (AvgIpc) is 2.33. The number of nitrogens with one attached hydrogen (secondary N) is 1. The SMILES string of the molecule is O=C(O)C(=O)NCC1CC2CC3CCC1C(C3)C2. The van der Waals surface area contributed by atoms with Crippen molar-refractivity contribution in [3.8, 4) is 0 Å². The first-order valence-electron chi connectivity index (χ1n) is 7.14. The van der Waals surface area contributed by atoms with Crippen LogP contribution in [-0.4, -0.2) is 23.5 Å². The molecule has 3 bridgehead atoms. The molecule has 0 aliphatic heterocycles. The minimum Gasteiger partial charge on any atom is -0.474 e. The third-order valence-electron chi connectivity index (χ3n) is 5.41. The molecule has 0 saturated heterocycles. The molecule has 3 saturated carbocycles. The van der Waals surface area contributed by atoms with E-state index in [4.69, 9.17) is 5.11 Å². The van der Waals surface area contributed by atoms with Gasteiger partial charge in [-0.05, 0) is 61.7 Å². The van der Waals surface area contributed by atoms with Crippen molar-refractivity contribution in [1.29, 1.82) is 0 Å². The molecule has 3 aliphatic carbocycles. The second kappa shape index (κ2) is 4.56. The first-order valence-corrected chi connectivity index (χ1v) is 7.14. The maximum absolute atomic E-state index is 11.1. The van der Waals surface area contributed by atoms with Crippen LogP contribution in [0.5, 0.6) is 0 Å². The minimum absolute atomic E-state index is 0.512. The molecule has 4 heteroatoms. The Bertz CT molecular complexity index is 362. The monoisotopic (exact) mass is 251 g/mol. The quantitative estimate of drug-likeness (QED) is 0.733. The Hall–Kier alpha value is -1.06. The molecule has 0 aromatic carbocycles. The first-order chi connectivity index (χ1) is 8.63. The molecule has 2 N–H and O–H groups in total. The zero-order chi connectivity index (χ0) is 12.7. The van der Waals surface area contributed by atoms with E-state index in [0.29, 0.717) is 12.5 Å². The van der Waals surface area contributed by atoms with Gasteiger partial charge in [-0.1, -0.05) is 6.42 Å². The van der Waals surface area contributed by atoms with E-state index in [1.165, 1.54) is 38.5 Å². The van der Waals surface area contributed by atoms with E-state index >= 15 is 0 Å². The van der Waals surface area contributed by atoms with E-state index in [0.717, 1.165) is 23.7 Å². The summed E-state index contributed by atoms with van der Waals surface area (Å²) in [4.78, 5) is 21.6. The van der Waals surface area contributed by atoms with Gasteiger partial charge in [0.1, 0.15) is 0 Å². The van der Waals surface area contributed by atoms with Crippen LogP contribution in [0.3, 0.4) is 0 Å². The third-order valence-corrected chi connectivity index (χ3v) is 5.41. The highest BCUT2D eigenvalue weighted by atomic mass is 16.4. The highest BCUT2D eigenvalue weighted by Gasteiger charge is 2.45. The molecule has 0 spiro atoms. The molecular formula is C14H21NO3. The number of carboxylic acids is 1. The van der Waals surface area contributed by atoms with Crippen molar-refractivity contribution >= 4 is 11.9 Å². The van der Waals surface area contributed by atoms with Crippen molar-refractivity contribution in [1.82, 2.24) is 5.32 Å². The number of carboxylic acid groups (broad SMARTS) is 1. The lowest BCUT2D eigenvalue weighted by Gasteiger charge is -2.52. The summed E-state index contributed by atoms with van der Waals surface area (Å²) in [6.07, 6.45) is 7.95. The van der Waals surface area contributed by atoms with Crippen LogP contribution in [0.1, 0.15) is 38.5 Å². The van der Waals surface area contributed by atoms with E-state index in [2.05, 4.69) is 5.32 Å². The van der Waals surface area contributed by atoms with E-state index in [9.17, 15) is 9.59 Å². The number of carbonyl (C=O) groups is 2. The van der Waals surface area contributed by atoms with Crippen LogP contribution in [0.2, 0.25) is 0 Å². The number of rotatable bonds is 2. The van der Waals surface area contributed by atoms with E-state index < -0.39 is 11.9 Å². The molecule has 0 heterocycles. The zero-order valence-corrected chi connectivity index (χ0v) is 10.6. The summed E-state index contributed by atoms with van der Waals surface area (Å²) < 4.78 is 0. The number of hydrogen-bond donors (Lipinski definition) is 2. The topological polar surface area (TPSA) is 66.4 Å². The summed E-state index contributed by atoms with van der Waals surface area (Å²) in [7, 11) is 0. The van der Waals surface area contributed by atoms with Gasteiger partial charge in [0.05, 0.1) is 0 Å². The van der Waals surface area contributed by atoms with Gasteiger partial charge in [-0.2, -0.15) is 0 Å². The predicted octanol–water partition coefficient (Wildman–Crippen LogP) is 1.65. The van der Waals surface area contributed by atoms with E-state index in [1.807, 2.05) is 0 Å². The predicted molar refractivity (Wildman–Crippen MR) is 65.8 cm³/mol. The largest absolute Gasteiger partial charge is 0.474 e. The van der Waals surface area contributed by atoms with Gasteiger partial charge in [0.2, 0.25) is 0 Å². The van der Waals surface area contributed by atoms with Crippen LogP contribution in [0.15, 0.2) is 0 Å². The average molecular weight is 251 g/mol. The molecule has 5 atom stereocenters. The summed E-state index contributed by atoms with van der Waals surface area (Å²) in [6, 6.07) is 0. The summed E-state index contributed by atoms with van der Waals surface area (Å²) in [5.74, 6) is 1.67. The first kappa shape index (κ1) is 12.0. The molecule has 0 radical (unpaired) electrons. The lowest BCUT2D eigenvalue weighted by Crippen LogP contribution is -2.46. The van der Waals surface area contributed by atoms with Gasteiger partial charge in [-0.15, -0.1) is 0 Å². The van der Waals surface area contributed by atoms with E-state index in [1.54, 1.807) is 0 Å². The van der Waals surface area contributed by atoms with Gasteiger partial charge < -0.3 is 10.4 Å². The summed E-state index contributed by atoms with van der Waals surface area (Å²) >= 11 is 0. The Labute approximate surface area is 107 Å². The van der Waals surface area contributed by atoms with Crippen molar-refractivity contribution in [3.63, 3.8) is 0 Å². The van der Waals surface area contributed by atoms with Gasteiger partial charge in [0.25, 0.3) is 0 Å². The fourth-order valence-electron chi connectivity index (χ4n) is 4.82. The van der Waals surface area contributed by atoms with Crippen molar-refractivity contribution in [2.45, 2.75) is 38.5 Å². The molecule has 4 nitrogen and oxygen atoms in total. The smallest absolute Gasteiger partial charge is 0.394 e. The van der Waals surface area contributed by atoms with Gasteiger partial charge in [-0.25, -0.2) is 4.79 Å². The Morgan fingerprint density at radius 1 is 1.06 bits per heavy atom. The Balaban J connectivity index is 1.62. The second-order valence-corrected chi connectivity index (χ2v) is 6.45. The van der Waals surface area contributed by atoms with Crippen LogP contribution >= 0.6 is 0 Å². The number of amides is 1. The van der Waals surface area contributed by atoms with Crippen molar-refractivity contribution in [3.05, 3.63) is 0 Å². The molecule has 5 unspecified atom stereocenters. The van der Waals surface area contributed by atoms with Crippen molar-refractivity contribution in [2.75, 3.05) is 6.54 Å². The molecule has 18 heavy (non-hydrogen) atoms. The van der Waals surface area contributed by atoms with Crippen LogP contribution in [0.25, 0.3) is 0 Å². The maximum atomic E-state index is 11.1. The number of hydrogen-bond acceptors (Lipinski definition) is 2. The summed E-state index contributed by atoms with van der Waals surface area (Å²) in [6.45, 7) is 0.563. The molecule has 0 aromatic heterocycles. The molecule has 1 amide bonds. The standard InChI is InChI=1S/C14H21NO3/c16-13(14(17)18)15-7-11-6-9-3-8-1-2-12(11)10(4-8)5-9/h8-12H,1-7H2,(H,15,16)(H,17,18). The summed E-state index contributed by atoms with van der Waals surface area (Å²) in [5, 5.41) is 11.2. The van der Waals surface area contributed by atoms with Crippen molar-refractivity contribution in [2.24, 2.45) is 29.6 Å². The fourth-order valence-corrected chi connectivity index (χ4v) is 4.82. The molecule has 3 aliphatic rings. The van der Waals surface area contributed by atoms with Crippen molar-refractivity contribution < 1.29 is 14.7 Å².